The Labute approximate surface area is 89.4 Å². The van der Waals surface area contributed by atoms with E-state index in [1.807, 2.05) is 0 Å². The predicted molar refractivity (Wildman–Crippen MR) is 55.7 cm³/mol. The molecule has 0 bridgehead atoms. The lowest BCUT2D eigenvalue weighted by Gasteiger charge is -2.00. The lowest BCUT2D eigenvalue weighted by atomic mass is 10.1. The zero-order valence-corrected chi connectivity index (χ0v) is 8.52. The highest BCUT2D eigenvalue weighted by molar-refractivity contribution is 7.13. The van der Waals surface area contributed by atoms with Crippen molar-refractivity contribution in [2.45, 2.75) is 6.42 Å². The molecule has 0 amide bonds. The van der Waals surface area contributed by atoms with Crippen molar-refractivity contribution >= 4 is 16.5 Å². The van der Waals surface area contributed by atoms with Gasteiger partial charge in [0.2, 0.25) is 0 Å². The molecule has 2 N–H and O–H groups in total. The fraction of sp³-hybridized carbons (Fsp3) is 0.100. The van der Waals surface area contributed by atoms with Gasteiger partial charge in [-0.05, 0) is 11.6 Å². The standard InChI is InChI=1S/C10H8F2N2S/c11-8-3-1-2-6(9(8)12)4-7-5-15-10(13)14-7/h1-3,5H,4H2,(H2,13,14). The molecule has 0 saturated heterocycles. The molecular weight excluding hydrogens is 218 g/mol. The summed E-state index contributed by atoms with van der Waals surface area (Å²) in [6.45, 7) is 0. The van der Waals surface area contributed by atoms with Crippen molar-refractivity contribution in [2.75, 3.05) is 5.73 Å². The van der Waals surface area contributed by atoms with E-state index >= 15 is 0 Å². The second kappa shape index (κ2) is 3.94. The number of aromatic nitrogens is 1. The Kier molecular flexibility index (Phi) is 2.64. The fourth-order valence-corrected chi connectivity index (χ4v) is 1.85. The number of benzene rings is 1. The minimum absolute atomic E-state index is 0.261. The number of rotatable bonds is 2. The third kappa shape index (κ3) is 2.12. The van der Waals surface area contributed by atoms with Gasteiger partial charge in [0.25, 0.3) is 0 Å². The SMILES string of the molecule is Nc1nc(Cc2cccc(F)c2F)cs1. The molecule has 0 spiro atoms. The Bertz CT molecular complexity index is 482. The number of nitrogen functional groups attached to an aromatic ring is 1. The Balaban J connectivity index is 2.28. The largest absolute Gasteiger partial charge is 0.375 e. The summed E-state index contributed by atoms with van der Waals surface area (Å²) >= 11 is 1.28. The Morgan fingerprint density at radius 2 is 2.13 bits per heavy atom. The van der Waals surface area contributed by atoms with Crippen LogP contribution in [0.5, 0.6) is 0 Å². The van der Waals surface area contributed by atoms with E-state index in [1.54, 1.807) is 5.38 Å². The summed E-state index contributed by atoms with van der Waals surface area (Å²) in [5, 5.41) is 2.17. The van der Waals surface area contributed by atoms with Crippen LogP contribution in [0.3, 0.4) is 0 Å². The highest BCUT2D eigenvalue weighted by atomic mass is 32.1. The molecule has 0 radical (unpaired) electrons. The Hall–Kier alpha value is -1.49. The van der Waals surface area contributed by atoms with Crippen LogP contribution < -0.4 is 5.73 Å². The van der Waals surface area contributed by atoms with Crippen molar-refractivity contribution in [3.63, 3.8) is 0 Å². The number of hydrogen-bond acceptors (Lipinski definition) is 3. The summed E-state index contributed by atoms with van der Waals surface area (Å²) in [7, 11) is 0. The number of nitrogens with zero attached hydrogens (tertiary/aromatic N) is 1. The van der Waals surface area contributed by atoms with Crippen LogP contribution in [0.25, 0.3) is 0 Å². The van der Waals surface area contributed by atoms with Gasteiger partial charge < -0.3 is 5.73 Å². The van der Waals surface area contributed by atoms with E-state index in [2.05, 4.69) is 4.98 Å². The van der Waals surface area contributed by atoms with Crippen LogP contribution in [0.4, 0.5) is 13.9 Å². The minimum Gasteiger partial charge on any atom is -0.375 e. The Morgan fingerprint density at radius 1 is 1.33 bits per heavy atom. The van der Waals surface area contributed by atoms with Crippen LogP contribution in [0.15, 0.2) is 23.6 Å². The van der Waals surface area contributed by atoms with Crippen LogP contribution in [0.1, 0.15) is 11.3 Å². The molecule has 0 aliphatic carbocycles. The molecule has 15 heavy (non-hydrogen) atoms. The van der Waals surface area contributed by atoms with Gasteiger partial charge >= 0.3 is 0 Å². The van der Waals surface area contributed by atoms with E-state index in [1.165, 1.54) is 23.5 Å². The average Bonchev–Trinajstić information content (AvgIpc) is 2.59. The molecule has 0 unspecified atom stereocenters. The highest BCUT2D eigenvalue weighted by Crippen LogP contribution is 2.18. The smallest absolute Gasteiger partial charge is 0.180 e. The molecule has 1 aromatic carbocycles. The van der Waals surface area contributed by atoms with Crippen molar-refractivity contribution < 1.29 is 8.78 Å². The summed E-state index contributed by atoms with van der Waals surface area (Å²) in [6.07, 6.45) is 0.261. The number of anilines is 1. The van der Waals surface area contributed by atoms with Gasteiger partial charge in [-0.1, -0.05) is 12.1 Å². The van der Waals surface area contributed by atoms with E-state index in [9.17, 15) is 8.78 Å². The fourth-order valence-electron chi connectivity index (χ4n) is 1.28. The first kappa shape index (κ1) is 10.0. The summed E-state index contributed by atoms with van der Waals surface area (Å²) in [6, 6.07) is 4.10. The van der Waals surface area contributed by atoms with Crippen LogP contribution >= 0.6 is 11.3 Å². The van der Waals surface area contributed by atoms with Gasteiger partial charge in [-0.25, -0.2) is 13.8 Å². The third-order valence-corrected chi connectivity index (χ3v) is 2.70. The third-order valence-electron chi connectivity index (χ3n) is 1.97. The molecule has 2 rings (SSSR count). The van der Waals surface area contributed by atoms with E-state index in [0.29, 0.717) is 16.4 Å². The molecule has 0 fully saturated rings. The maximum Gasteiger partial charge on any atom is 0.180 e. The van der Waals surface area contributed by atoms with Crippen LogP contribution in [0, 0.1) is 11.6 Å². The van der Waals surface area contributed by atoms with Gasteiger partial charge in [-0.2, -0.15) is 0 Å². The van der Waals surface area contributed by atoms with Gasteiger partial charge in [0, 0.05) is 11.8 Å². The number of nitrogens with two attached hydrogens (primary N) is 1. The number of halogens is 2. The molecule has 0 saturated carbocycles. The van der Waals surface area contributed by atoms with E-state index < -0.39 is 11.6 Å². The molecule has 0 aliphatic rings. The summed E-state index contributed by atoms with van der Waals surface area (Å²) in [4.78, 5) is 3.98. The topological polar surface area (TPSA) is 38.9 Å². The average molecular weight is 226 g/mol. The normalized spacial score (nSPS) is 10.5. The maximum atomic E-state index is 13.3. The first-order chi connectivity index (χ1) is 7.16. The number of thiazole rings is 1. The molecular formula is C10H8F2N2S. The van der Waals surface area contributed by atoms with Crippen molar-refractivity contribution in [2.24, 2.45) is 0 Å². The predicted octanol–water partition coefficient (Wildman–Crippen LogP) is 2.59. The second-order valence-electron chi connectivity index (χ2n) is 3.07. The minimum atomic E-state index is -0.837. The van der Waals surface area contributed by atoms with Gasteiger partial charge in [0.05, 0.1) is 5.69 Å². The molecule has 0 aliphatic heterocycles. The van der Waals surface area contributed by atoms with Crippen LogP contribution in [0.2, 0.25) is 0 Å². The van der Waals surface area contributed by atoms with Crippen molar-refractivity contribution in [3.05, 3.63) is 46.5 Å². The van der Waals surface area contributed by atoms with Crippen molar-refractivity contribution in [1.29, 1.82) is 0 Å². The Morgan fingerprint density at radius 3 is 2.80 bits per heavy atom. The van der Waals surface area contributed by atoms with E-state index in [0.717, 1.165) is 6.07 Å². The van der Waals surface area contributed by atoms with Gasteiger partial charge in [-0.3, -0.25) is 0 Å². The molecule has 78 valence electrons. The first-order valence-corrected chi connectivity index (χ1v) is 5.17. The lowest BCUT2D eigenvalue weighted by molar-refractivity contribution is 0.500. The molecule has 1 heterocycles. The molecule has 2 aromatic rings. The summed E-state index contributed by atoms with van der Waals surface area (Å²) in [5.74, 6) is -1.65. The zero-order chi connectivity index (χ0) is 10.8. The summed E-state index contributed by atoms with van der Waals surface area (Å²) in [5.41, 5.74) is 6.39. The van der Waals surface area contributed by atoms with Gasteiger partial charge in [0.1, 0.15) is 0 Å². The monoisotopic (exact) mass is 226 g/mol. The summed E-state index contributed by atoms with van der Waals surface area (Å²) < 4.78 is 26.1. The quantitative estimate of drug-likeness (QED) is 0.854. The lowest BCUT2D eigenvalue weighted by Crippen LogP contribution is -1.96. The highest BCUT2D eigenvalue weighted by Gasteiger charge is 2.09. The second-order valence-corrected chi connectivity index (χ2v) is 3.96. The zero-order valence-electron chi connectivity index (χ0n) is 7.71. The molecule has 5 heteroatoms. The molecule has 1 aromatic heterocycles. The van der Waals surface area contributed by atoms with Crippen LogP contribution in [-0.2, 0) is 6.42 Å². The number of hydrogen-bond donors (Lipinski definition) is 1. The maximum absolute atomic E-state index is 13.3. The van der Waals surface area contributed by atoms with Gasteiger partial charge in [-0.15, -0.1) is 11.3 Å². The molecule has 0 atom stereocenters. The van der Waals surface area contributed by atoms with Crippen molar-refractivity contribution in [1.82, 2.24) is 4.98 Å². The molecule has 2 nitrogen and oxygen atoms in total. The van der Waals surface area contributed by atoms with Crippen molar-refractivity contribution in [3.8, 4) is 0 Å². The van der Waals surface area contributed by atoms with E-state index in [-0.39, 0.29) is 6.42 Å². The van der Waals surface area contributed by atoms with Crippen LogP contribution in [-0.4, -0.2) is 4.98 Å². The first-order valence-electron chi connectivity index (χ1n) is 4.29. The van der Waals surface area contributed by atoms with Gasteiger partial charge in [0.15, 0.2) is 16.8 Å². The van der Waals surface area contributed by atoms with E-state index in [4.69, 9.17) is 5.73 Å².